The highest BCUT2D eigenvalue weighted by molar-refractivity contribution is 5.94. The number of halogens is 2. The van der Waals surface area contributed by atoms with Crippen molar-refractivity contribution >= 4 is 30.7 Å². The lowest BCUT2D eigenvalue weighted by Gasteiger charge is -2.16. The van der Waals surface area contributed by atoms with Gasteiger partial charge in [0.1, 0.15) is 12.1 Å². The number of carbonyl (C=O) groups excluding carboxylic acids is 1. The number of hydrogen-bond acceptors (Lipinski definition) is 4. The molecule has 0 aromatic carbocycles. The van der Waals surface area contributed by atoms with Crippen molar-refractivity contribution in [3.63, 3.8) is 0 Å². The highest BCUT2D eigenvalue weighted by atomic mass is 35.5. The van der Waals surface area contributed by atoms with E-state index in [1.807, 2.05) is 0 Å². The second-order valence-corrected chi connectivity index (χ2v) is 6.27. The summed E-state index contributed by atoms with van der Waals surface area (Å²) in [5.74, 6) is 0.623. The van der Waals surface area contributed by atoms with Crippen LogP contribution in [0, 0.1) is 0 Å². The first-order valence-electron chi connectivity index (χ1n) is 8.79. The predicted molar refractivity (Wildman–Crippen MR) is 108 cm³/mol. The van der Waals surface area contributed by atoms with Crippen LogP contribution in [-0.2, 0) is 0 Å². The summed E-state index contributed by atoms with van der Waals surface area (Å²) >= 11 is 0. The van der Waals surface area contributed by atoms with Crippen molar-refractivity contribution < 1.29 is 4.79 Å². The summed E-state index contributed by atoms with van der Waals surface area (Å²) in [6.07, 6.45) is 14.7. The van der Waals surface area contributed by atoms with Gasteiger partial charge in [-0.05, 0) is 25.0 Å². The molecule has 1 aliphatic carbocycles. The Balaban J connectivity index is 0.00000169. The lowest BCUT2D eigenvalue weighted by atomic mass is 10.1. The van der Waals surface area contributed by atoms with Gasteiger partial charge in [-0.25, -0.2) is 9.97 Å². The molecule has 0 spiro atoms. The van der Waals surface area contributed by atoms with Gasteiger partial charge in [0, 0.05) is 43.3 Å². The first-order valence-corrected chi connectivity index (χ1v) is 8.79. The maximum Gasteiger partial charge on any atom is 0.251 e. The van der Waals surface area contributed by atoms with E-state index in [0.717, 1.165) is 6.54 Å². The van der Waals surface area contributed by atoms with E-state index in [0.29, 0.717) is 24.0 Å². The van der Waals surface area contributed by atoms with Crippen LogP contribution in [0.1, 0.15) is 48.9 Å². The van der Waals surface area contributed by atoms with Gasteiger partial charge in [-0.15, -0.1) is 24.8 Å². The Hall–Kier alpha value is -1.63. The van der Waals surface area contributed by atoms with E-state index in [2.05, 4.69) is 20.6 Å². The molecule has 0 unspecified atom stereocenters. The van der Waals surface area contributed by atoms with E-state index in [4.69, 9.17) is 0 Å². The van der Waals surface area contributed by atoms with Gasteiger partial charge in [0.2, 0.25) is 0 Å². The van der Waals surface area contributed by atoms with Crippen LogP contribution in [0.3, 0.4) is 0 Å². The van der Waals surface area contributed by atoms with Crippen LogP contribution >= 0.6 is 24.8 Å². The number of imidazole rings is 1. The molecule has 1 fully saturated rings. The van der Waals surface area contributed by atoms with E-state index in [1.165, 1.54) is 38.5 Å². The molecule has 3 rings (SSSR count). The topological polar surface area (TPSA) is 71.8 Å². The number of pyridine rings is 1. The standard InChI is InChI=1S/C18H25N5O.2ClH/c24-18(22-10-9-20-16-5-3-1-2-4-6-16)15-7-8-21-17(13-15)23-12-11-19-14-23;;/h7-8,11-14,16,20H,1-6,9-10H2,(H,22,24);2*1H. The third kappa shape index (κ3) is 6.59. The molecule has 1 aliphatic rings. The molecule has 8 heteroatoms. The van der Waals surface area contributed by atoms with E-state index in [-0.39, 0.29) is 30.7 Å². The lowest BCUT2D eigenvalue weighted by Crippen LogP contribution is -2.36. The molecule has 0 aliphatic heterocycles. The van der Waals surface area contributed by atoms with E-state index >= 15 is 0 Å². The minimum atomic E-state index is -0.0681. The highest BCUT2D eigenvalue weighted by Crippen LogP contribution is 2.16. The fraction of sp³-hybridized carbons (Fsp3) is 0.500. The maximum atomic E-state index is 12.3. The van der Waals surface area contributed by atoms with Crippen molar-refractivity contribution in [1.82, 2.24) is 25.2 Å². The highest BCUT2D eigenvalue weighted by Gasteiger charge is 2.11. The molecule has 144 valence electrons. The summed E-state index contributed by atoms with van der Waals surface area (Å²) in [5.41, 5.74) is 0.614. The molecule has 0 bridgehead atoms. The number of rotatable bonds is 6. The number of carbonyl (C=O) groups is 1. The summed E-state index contributed by atoms with van der Waals surface area (Å²) in [4.78, 5) is 20.5. The molecular weight excluding hydrogens is 373 g/mol. The number of nitrogens with one attached hydrogen (secondary N) is 2. The van der Waals surface area contributed by atoms with Gasteiger partial charge in [0.15, 0.2) is 0 Å². The molecule has 2 heterocycles. The molecule has 6 nitrogen and oxygen atoms in total. The molecule has 1 amide bonds. The molecule has 2 N–H and O–H groups in total. The van der Waals surface area contributed by atoms with Crippen LogP contribution in [0.25, 0.3) is 5.82 Å². The van der Waals surface area contributed by atoms with Gasteiger partial charge in [-0.1, -0.05) is 25.7 Å². The molecule has 0 atom stereocenters. The third-order valence-electron chi connectivity index (χ3n) is 4.48. The largest absolute Gasteiger partial charge is 0.351 e. The molecule has 0 radical (unpaired) electrons. The number of hydrogen-bond donors (Lipinski definition) is 2. The van der Waals surface area contributed by atoms with Crippen molar-refractivity contribution in [1.29, 1.82) is 0 Å². The van der Waals surface area contributed by atoms with Gasteiger partial charge in [-0.3, -0.25) is 9.36 Å². The van der Waals surface area contributed by atoms with Crippen molar-refractivity contribution in [2.24, 2.45) is 0 Å². The summed E-state index contributed by atoms with van der Waals surface area (Å²) in [7, 11) is 0. The Bertz CT molecular complexity index is 643. The van der Waals surface area contributed by atoms with Crippen molar-refractivity contribution in [2.75, 3.05) is 13.1 Å². The number of aromatic nitrogens is 3. The Labute approximate surface area is 167 Å². The quantitative estimate of drug-likeness (QED) is 0.577. The summed E-state index contributed by atoms with van der Waals surface area (Å²) < 4.78 is 1.78. The average molecular weight is 400 g/mol. The van der Waals surface area contributed by atoms with Crippen LogP contribution in [0.15, 0.2) is 37.1 Å². The van der Waals surface area contributed by atoms with E-state index in [1.54, 1.807) is 41.6 Å². The molecule has 2 aromatic heterocycles. The fourth-order valence-corrected chi connectivity index (χ4v) is 3.13. The van der Waals surface area contributed by atoms with Crippen LogP contribution in [0.2, 0.25) is 0 Å². The van der Waals surface area contributed by atoms with Crippen molar-refractivity contribution in [3.05, 3.63) is 42.6 Å². The van der Waals surface area contributed by atoms with Gasteiger partial charge in [-0.2, -0.15) is 0 Å². The maximum absolute atomic E-state index is 12.3. The van der Waals surface area contributed by atoms with Crippen molar-refractivity contribution in [2.45, 2.75) is 44.6 Å². The molecule has 1 saturated carbocycles. The first-order chi connectivity index (χ1) is 11.8. The SMILES string of the molecule is Cl.Cl.O=C(NCCNC1CCCCCC1)c1ccnc(-n2ccnc2)c1. The molecule has 0 saturated heterocycles. The summed E-state index contributed by atoms with van der Waals surface area (Å²) in [6.45, 7) is 1.45. The second kappa shape index (κ2) is 11.9. The predicted octanol–water partition coefficient (Wildman–Crippen LogP) is 3.15. The zero-order valence-corrected chi connectivity index (χ0v) is 16.4. The molecule has 26 heavy (non-hydrogen) atoms. The second-order valence-electron chi connectivity index (χ2n) is 6.27. The minimum absolute atomic E-state index is 0. The lowest BCUT2D eigenvalue weighted by molar-refractivity contribution is 0.0953. The monoisotopic (exact) mass is 399 g/mol. The van der Waals surface area contributed by atoms with E-state index < -0.39 is 0 Å². The van der Waals surface area contributed by atoms with Gasteiger partial charge >= 0.3 is 0 Å². The van der Waals surface area contributed by atoms with Gasteiger partial charge < -0.3 is 10.6 Å². The van der Waals surface area contributed by atoms with Crippen LogP contribution in [0.4, 0.5) is 0 Å². The smallest absolute Gasteiger partial charge is 0.251 e. The zero-order valence-electron chi connectivity index (χ0n) is 14.8. The summed E-state index contributed by atoms with van der Waals surface area (Å²) in [6, 6.07) is 4.11. The Morgan fingerprint density at radius 2 is 1.88 bits per heavy atom. The van der Waals surface area contributed by atoms with E-state index in [9.17, 15) is 4.79 Å². The van der Waals surface area contributed by atoms with Crippen LogP contribution in [-0.4, -0.2) is 39.6 Å². The van der Waals surface area contributed by atoms with Gasteiger partial charge in [0.05, 0.1) is 0 Å². The molecule has 2 aromatic rings. The first kappa shape index (κ1) is 22.4. The molecular formula is C18H27Cl2N5O. The Morgan fingerprint density at radius 1 is 1.12 bits per heavy atom. The normalized spacial score (nSPS) is 14.6. The van der Waals surface area contributed by atoms with Crippen LogP contribution in [0.5, 0.6) is 0 Å². The van der Waals surface area contributed by atoms with Crippen molar-refractivity contribution in [3.8, 4) is 5.82 Å². The minimum Gasteiger partial charge on any atom is -0.351 e. The third-order valence-corrected chi connectivity index (χ3v) is 4.48. The number of amides is 1. The summed E-state index contributed by atoms with van der Waals surface area (Å²) in [5, 5.41) is 6.54. The Morgan fingerprint density at radius 3 is 2.58 bits per heavy atom. The Kier molecular flexibility index (Phi) is 10.2. The number of nitrogens with zero attached hydrogens (tertiary/aromatic N) is 3. The van der Waals surface area contributed by atoms with Gasteiger partial charge in [0.25, 0.3) is 5.91 Å². The van der Waals surface area contributed by atoms with Crippen LogP contribution < -0.4 is 10.6 Å². The zero-order chi connectivity index (χ0) is 16.6. The average Bonchev–Trinajstić information content (AvgIpc) is 3.03. The fourth-order valence-electron chi connectivity index (χ4n) is 3.13.